The summed E-state index contributed by atoms with van der Waals surface area (Å²) < 4.78 is 10.0. The predicted molar refractivity (Wildman–Crippen MR) is 98.3 cm³/mol. The van der Waals surface area contributed by atoms with Crippen LogP contribution < -0.4 is 5.32 Å². The fourth-order valence-corrected chi connectivity index (χ4v) is 2.82. The Morgan fingerprint density at radius 2 is 1.81 bits per heavy atom. The molecule has 1 saturated heterocycles. The highest BCUT2D eigenvalue weighted by molar-refractivity contribution is 6.04. The normalized spacial score (nSPS) is 14.7. The monoisotopic (exact) mass is 354 g/mol. The van der Waals surface area contributed by atoms with Crippen molar-refractivity contribution in [3.05, 3.63) is 65.2 Å². The van der Waals surface area contributed by atoms with E-state index in [0.717, 1.165) is 38.4 Å². The zero-order chi connectivity index (χ0) is 18.4. The van der Waals surface area contributed by atoms with Gasteiger partial charge in [0.15, 0.2) is 0 Å². The standard InChI is InChI=1S/C20H22N2O4/c1-25-20(24)17-3-2-4-18(13-17)21-19(23)16-7-5-15(6-8-16)14-22-9-11-26-12-10-22/h2-8,13H,9-12,14H2,1H3,(H,21,23). The van der Waals surface area contributed by atoms with Crippen LogP contribution in [-0.2, 0) is 16.0 Å². The molecule has 136 valence electrons. The Labute approximate surface area is 152 Å². The van der Waals surface area contributed by atoms with Crippen LogP contribution in [-0.4, -0.2) is 50.2 Å². The lowest BCUT2D eigenvalue weighted by molar-refractivity contribution is 0.0342. The van der Waals surface area contributed by atoms with Crippen LogP contribution in [0.2, 0.25) is 0 Å². The fourth-order valence-electron chi connectivity index (χ4n) is 2.82. The number of benzene rings is 2. The molecule has 0 aromatic heterocycles. The number of methoxy groups -OCH3 is 1. The summed E-state index contributed by atoms with van der Waals surface area (Å²) in [5, 5.41) is 2.80. The van der Waals surface area contributed by atoms with E-state index < -0.39 is 5.97 Å². The molecule has 6 heteroatoms. The second kappa shape index (κ2) is 8.60. The van der Waals surface area contributed by atoms with Gasteiger partial charge in [0.2, 0.25) is 0 Å². The number of anilines is 1. The minimum atomic E-state index is -0.437. The molecule has 1 aliphatic heterocycles. The SMILES string of the molecule is COC(=O)c1cccc(NC(=O)c2ccc(CN3CCOCC3)cc2)c1. The van der Waals surface area contributed by atoms with E-state index in [-0.39, 0.29) is 5.91 Å². The van der Waals surface area contributed by atoms with Gasteiger partial charge in [-0.3, -0.25) is 9.69 Å². The smallest absolute Gasteiger partial charge is 0.337 e. The summed E-state index contributed by atoms with van der Waals surface area (Å²) in [6.07, 6.45) is 0. The van der Waals surface area contributed by atoms with Gasteiger partial charge >= 0.3 is 5.97 Å². The van der Waals surface area contributed by atoms with Gasteiger partial charge in [-0.25, -0.2) is 4.79 Å². The minimum absolute atomic E-state index is 0.218. The van der Waals surface area contributed by atoms with Crippen molar-refractivity contribution in [2.24, 2.45) is 0 Å². The van der Waals surface area contributed by atoms with Crippen molar-refractivity contribution < 1.29 is 19.1 Å². The number of carbonyl (C=O) groups excluding carboxylic acids is 2. The van der Waals surface area contributed by atoms with E-state index in [1.165, 1.54) is 7.11 Å². The Morgan fingerprint density at radius 1 is 1.08 bits per heavy atom. The zero-order valence-corrected chi connectivity index (χ0v) is 14.7. The highest BCUT2D eigenvalue weighted by atomic mass is 16.5. The van der Waals surface area contributed by atoms with E-state index in [4.69, 9.17) is 9.47 Å². The molecule has 1 amide bonds. The van der Waals surface area contributed by atoms with Crippen LogP contribution >= 0.6 is 0 Å². The van der Waals surface area contributed by atoms with Crippen molar-refractivity contribution in [3.8, 4) is 0 Å². The van der Waals surface area contributed by atoms with E-state index >= 15 is 0 Å². The van der Waals surface area contributed by atoms with Crippen molar-refractivity contribution in [2.75, 3.05) is 38.7 Å². The highest BCUT2D eigenvalue weighted by Gasteiger charge is 2.12. The zero-order valence-electron chi connectivity index (χ0n) is 14.7. The van der Waals surface area contributed by atoms with E-state index in [0.29, 0.717) is 16.8 Å². The quantitative estimate of drug-likeness (QED) is 0.836. The Hall–Kier alpha value is -2.70. The van der Waals surface area contributed by atoms with Gasteiger partial charge in [-0.2, -0.15) is 0 Å². The average Bonchev–Trinajstić information content (AvgIpc) is 2.69. The number of morpholine rings is 1. The average molecular weight is 354 g/mol. The van der Waals surface area contributed by atoms with Crippen LogP contribution in [0.1, 0.15) is 26.3 Å². The number of hydrogen-bond acceptors (Lipinski definition) is 5. The van der Waals surface area contributed by atoms with Gasteiger partial charge in [-0.1, -0.05) is 18.2 Å². The summed E-state index contributed by atoms with van der Waals surface area (Å²) in [6, 6.07) is 14.2. The van der Waals surface area contributed by atoms with Gasteiger partial charge < -0.3 is 14.8 Å². The lowest BCUT2D eigenvalue weighted by atomic mass is 10.1. The summed E-state index contributed by atoms with van der Waals surface area (Å²) >= 11 is 0. The third kappa shape index (κ3) is 4.68. The Bertz CT molecular complexity index is 768. The molecule has 0 atom stereocenters. The van der Waals surface area contributed by atoms with Gasteiger partial charge in [0, 0.05) is 30.9 Å². The molecule has 1 aliphatic rings. The summed E-state index contributed by atoms with van der Waals surface area (Å²) in [7, 11) is 1.33. The van der Waals surface area contributed by atoms with Gasteiger partial charge in [0.05, 0.1) is 25.9 Å². The summed E-state index contributed by atoms with van der Waals surface area (Å²) in [4.78, 5) is 26.3. The first-order chi connectivity index (χ1) is 12.7. The lowest BCUT2D eigenvalue weighted by Gasteiger charge is -2.26. The molecular formula is C20H22N2O4. The molecule has 3 rings (SSSR count). The number of ether oxygens (including phenoxy) is 2. The third-order valence-electron chi connectivity index (χ3n) is 4.27. The molecule has 2 aromatic rings. The van der Waals surface area contributed by atoms with E-state index in [1.54, 1.807) is 24.3 Å². The van der Waals surface area contributed by atoms with Crippen LogP contribution in [0.15, 0.2) is 48.5 Å². The molecule has 0 bridgehead atoms. The predicted octanol–water partition coefficient (Wildman–Crippen LogP) is 2.56. The molecule has 1 N–H and O–H groups in total. The van der Waals surface area contributed by atoms with E-state index in [1.807, 2.05) is 24.3 Å². The van der Waals surface area contributed by atoms with Crippen LogP contribution in [0.5, 0.6) is 0 Å². The number of esters is 1. The maximum atomic E-state index is 12.4. The van der Waals surface area contributed by atoms with Gasteiger partial charge in [-0.05, 0) is 35.9 Å². The first-order valence-corrected chi connectivity index (χ1v) is 8.54. The molecule has 0 spiro atoms. The Morgan fingerprint density at radius 3 is 2.50 bits per heavy atom. The fraction of sp³-hybridized carbons (Fsp3) is 0.300. The molecular weight excluding hydrogens is 332 g/mol. The van der Waals surface area contributed by atoms with Crippen LogP contribution in [0.4, 0.5) is 5.69 Å². The third-order valence-corrected chi connectivity index (χ3v) is 4.27. The van der Waals surface area contributed by atoms with Gasteiger partial charge in [-0.15, -0.1) is 0 Å². The van der Waals surface area contributed by atoms with Crippen LogP contribution in [0.3, 0.4) is 0 Å². The number of amides is 1. The second-order valence-corrected chi connectivity index (χ2v) is 6.11. The van der Waals surface area contributed by atoms with Gasteiger partial charge in [0.25, 0.3) is 5.91 Å². The number of rotatable bonds is 5. The van der Waals surface area contributed by atoms with Crippen molar-refractivity contribution >= 4 is 17.6 Å². The molecule has 6 nitrogen and oxygen atoms in total. The molecule has 1 fully saturated rings. The van der Waals surface area contributed by atoms with Crippen LogP contribution in [0, 0.1) is 0 Å². The summed E-state index contributed by atoms with van der Waals surface area (Å²) in [6.45, 7) is 4.25. The minimum Gasteiger partial charge on any atom is -0.465 e. The molecule has 2 aromatic carbocycles. The van der Waals surface area contributed by atoms with E-state index in [2.05, 4.69) is 10.2 Å². The Kier molecular flexibility index (Phi) is 5.99. The highest BCUT2D eigenvalue weighted by Crippen LogP contribution is 2.14. The molecule has 0 aliphatic carbocycles. The topological polar surface area (TPSA) is 67.9 Å². The molecule has 0 saturated carbocycles. The number of nitrogens with zero attached hydrogens (tertiary/aromatic N) is 1. The largest absolute Gasteiger partial charge is 0.465 e. The van der Waals surface area contributed by atoms with E-state index in [9.17, 15) is 9.59 Å². The first kappa shape index (κ1) is 18.1. The van der Waals surface area contributed by atoms with Crippen molar-refractivity contribution in [3.63, 3.8) is 0 Å². The second-order valence-electron chi connectivity index (χ2n) is 6.11. The maximum Gasteiger partial charge on any atom is 0.337 e. The summed E-state index contributed by atoms with van der Waals surface area (Å²) in [5.74, 6) is -0.654. The van der Waals surface area contributed by atoms with Crippen LogP contribution in [0.25, 0.3) is 0 Å². The lowest BCUT2D eigenvalue weighted by Crippen LogP contribution is -2.35. The molecule has 1 heterocycles. The number of carbonyl (C=O) groups is 2. The van der Waals surface area contributed by atoms with Crippen molar-refractivity contribution in [2.45, 2.75) is 6.54 Å². The molecule has 0 radical (unpaired) electrons. The first-order valence-electron chi connectivity index (χ1n) is 8.54. The number of hydrogen-bond donors (Lipinski definition) is 1. The summed E-state index contributed by atoms with van der Waals surface area (Å²) in [5.41, 5.74) is 2.68. The number of nitrogens with one attached hydrogen (secondary N) is 1. The Balaban J connectivity index is 1.62. The maximum absolute atomic E-state index is 12.4. The van der Waals surface area contributed by atoms with Crippen molar-refractivity contribution in [1.82, 2.24) is 4.90 Å². The molecule has 26 heavy (non-hydrogen) atoms. The van der Waals surface area contributed by atoms with Crippen molar-refractivity contribution in [1.29, 1.82) is 0 Å². The van der Waals surface area contributed by atoms with Gasteiger partial charge in [0.1, 0.15) is 0 Å². The molecule has 0 unspecified atom stereocenters.